The zero-order chi connectivity index (χ0) is 11.1. The van der Waals surface area contributed by atoms with Gasteiger partial charge in [0, 0.05) is 26.2 Å². The summed E-state index contributed by atoms with van der Waals surface area (Å²) < 4.78 is 5.69. The molecule has 1 aliphatic rings. The molecule has 3 N–H and O–H groups in total. The summed E-state index contributed by atoms with van der Waals surface area (Å²) in [6.45, 7) is 6.09. The Hall–Kier alpha value is -0.160. The van der Waals surface area contributed by atoms with E-state index < -0.39 is 0 Å². The first-order valence-electron chi connectivity index (χ1n) is 5.95. The van der Waals surface area contributed by atoms with Crippen LogP contribution in [0.15, 0.2) is 0 Å². The second kappa shape index (κ2) is 7.17. The zero-order valence-corrected chi connectivity index (χ0v) is 9.69. The highest BCUT2D eigenvalue weighted by Gasteiger charge is 2.23. The summed E-state index contributed by atoms with van der Waals surface area (Å²) in [4.78, 5) is 2.42. The molecule has 2 atom stereocenters. The van der Waals surface area contributed by atoms with E-state index in [0.717, 1.165) is 38.9 Å². The number of nitrogens with zero attached hydrogens (tertiary/aromatic N) is 1. The molecule has 4 nitrogen and oxygen atoms in total. The summed E-state index contributed by atoms with van der Waals surface area (Å²) in [6.07, 6.45) is 3.68. The first-order valence-corrected chi connectivity index (χ1v) is 5.95. The van der Waals surface area contributed by atoms with Crippen molar-refractivity contribution in [1.82, 2.24) is 4.90 Å². The summed E-state index contributed by atoms with van der Waals surface area (Å²) >= 11 is 0. The number of aliphatic hydroxyl groups is 1. The lowest BCUT2D eigenvalue weighted by Gasteiger charge is -2.36. The summed E-state index contributed by atoms with van der Waals surface area (Å²) in [5.41, 5.74) is 5.62. The van der Waals surface area contributed by atoms with E-state index in [1.54, 1.807) is 0 Å². The molecule has 1 saturated heterocycles. The Morgan fingerprint density at radius 1 is 1.33 bits per heavy atom. The Morgan fingerprint density at radius 3 is 2.80 bits per heavy atom. The number of rotatable bonds is 6. The summed E-state index contributed by atoms with van der Waals surface area (Å²) in [7, 11) is 0. The molecular weight excluding hydrogens is 192 g/mol. The van der Waals surface area contributed by atoms with Gasteiger partial charge in [0.15, 0.2) is 0 Å². The van der Waals surface area contributed by atoms with Gasteiger partial charge in [-0.25, -0.2) is 0 Å². The SMILES string of the molecule is CC1CN(CCCCCO)CC(CN)O1. The van der Waals surface area contributed by atoms with Crippen molar-refractivity contribution in [3.8, 4) is 0 Å². The molecule has 0 amide bonds. The average molecular weight is 216 g/mol. The van der Waals surface area contributed by atoms with E-state index in [0.29, 0.717) is 19.3 Å². The second-order valence-corrected chi connectivity index (χ2v) is 4.35. The molecule has 0 aromatic carbocycles. The highest BCUT2D eigenvalue weighted by molar-refractivity contribution is 4.76. The molecule has 0 bridgehead atoms. The monoisotopic (exact) mass is 216 g/mol. The van der Waals surface area contributed by atoms with Crippen molar-refractivity contribution in [2.24, 2.45) is 5.73 Å². The fourth-order valence-corrected chi connectivity index (χ4v) is 2.08. The number of ether oxygens (including phenoxy) is 1. The minimum Gasteiger partial charge on any atom is -0.396 e. The number of aliphatic hydroxyl groups excluding tert-OH is 1. The van der Waals surface area contributed by atoms with E-state index in [1.807, 2.05) is 0 Å². The number of hydrogen-bond acceptors (Lipinski definition) is 4. The highest BCUT2D eigenvalue weighted by Crippen LogP contribution is 2.11. The van der Waals surface area contributed by atoms with Crippen LogP contribution in [0.4, 0.5) is 0 Å². The summed E-state index contributed by atoms with van der Waals surface area (Å²) in [6, 6.07) is 0. The third kappa shape index (κ3) is 4.93. The zero-order valence-electron chi connectivity index (χ0n) is 9.69. The van der Waals surface area contributed by atoms with Crippen LogP contribution in [0.2, 0.25) is 0 Å². The molecule has 0 radical (unpaired) electrons. The van der Waals surface area contributed by atoms with Crippen LogP contribution < -0.4 is 5.73 Å². The normalized spacial score (nSPS) is 28.2. The van der Waals surface area contributed by atoms with Crippen molar-refractivity contribution in [1.29, 1.82) is 0 Å². The number of nitrogens with two attached hydrogens (primary N) is 1. The quantitative estimate of drug-likeness (QED) is 0.623. The van der Waals surface area contributed by atoms with E-state index in [9.17, 15) is 0 Å². The van der Waals surface area contributed by atoms with Crippen LogP contribution >= 0.6 is 0 Å². The van der Waals surface area contributed by atoms with Crippen LogP contribution in [0.3, 0.4) is 0 Å². The van der Waals surface area contributed by atoms with Crippen LogP contribution in [-0.2, 0) is 4.74 Å². The molecule has 1 heterocycles. The fourth-order valence-electron chi connectivity index (χ4n) is 2.08. The predicted molar refractivity (Wildman–Crippen MR) is 60.8 cm³/mol. The third-order valence-electron chi connectivity index (χ3n) is 2.80. The van der Waals surface area contributed by atoms with Gasteiger partial charge in [0.1, 0.15) is 0 Å². The Morgan fingerprint density at radius 2 is 2.13 bits per heavy atom. The maximum atomic E-state index is 8.68. The Bertz CT molecular complexity index is 167. The van der Waals surface area contributed by atoms with E-state index in [1.165, 1.54) is 0 Å². The van der Waals surface area contributed by atoms with Crippen molar-refractivity contribution in [3.05, 3.63) is 0 Å². The molecule has 15 heavy (non-hydrogen) atoms. The Balaban J connectivity index is 2.16. The maximum Gasteiger partial charge on any atom is 0.0828 e. The minimum atomic E-state index is 0.201. The number of unbranched alkanes of at least 4 members (excludes halogenated alkanes) is 2. The molecule has 2 unspecified atom stereocenters. The van der Waals surface area contributed by atoms with E-state index in [-0.39, 0.29) is 6.10 Å². The minimum absolute atomic E-state index is 0.201. The molecule has 0 aliphatic carbocycles. The maximum absolute atomic E-state index is 8.68. The third-order valence-corrected chi connectivity index (χ3v) is 2.80. The highest BCUT2D eigenvalue weighted by atomic mass is 16.5. The Labute approximate surface area is 92.4 Å². The van der Waals surface area contributed by atoms with Crippen molar-refractivity contribution >= 4 is 0 Å². The number of hydrogen-bond donors (Lipinski definition) is 2. The van der Waals surface area contributed by atoms with Crippen molar-refractivity contribution in [2.75, 3.05) is 32.8 Å². The van der Waals surface area contributed by atoms with Crippen LogP contribution in [0.5, 0.6) is 0 Å². The van der Waals surface area contributed by atoms with Gasteiger partial charge in [0.25, 0.3) is 0 Å². The Kier molecular flexibility index (Phi) is 6.17. The van der Waals surface area contributed by atoms with Crippen molar-refractivity contribution in [3.63, 3.8) is 0 Å². The lowest BCUT2D eigenvalue weighted by molar-refractivity contribution is -0.0722. The van der Waals surface area contributed by atoms with Crippen LogP contribution in [-0.4, -0.2) is 55.0 Å². The van der Waals surface area contributed by atoms with E-state index in [4.69, 9.17) is 15.6 Å². The van der Waals surface area contributed by atoms with Gasteiger partial charge in [0.2, 0.25) is 0 Å². The van der Waals surface area contributed by atoms with Crippen molar-refractivity contribution in [2.45, 2.75) is 38.4 Å². The molecule has 4 heteroatoms. The van der Waals surface area contributed by atoms with Crippen LogP contribution in [0.1, 0.15) is 26.2 Å². The first kappa shape index (κ1) is 12.9. The molecule has 1 aliphatic heterocycles. The van der Waals surface area contributed by atoms with Gasteiger partial charge in [-0.3, -0.25) is 4.90 Å². The van der Waals surface area contributed by atoms with Gasteiger partial charge in [0.05, 0.1) is 12.2 Å². The van der Waals surface area contributed by atoms with E-state index in [2.05, 4.69) is 11.8 Å². The molecule has 0 spiro atoms. The largest absolute Gasteiger partial charge is 0.396 e. The molecule has 0 aromatic heterocycles. The molecule has 1 rings (SSSR count). The summed E-state index contributed by atoms with van der Waals surface area (Å²) in [5.74, 6) is 0. The topological polar surface area (TPSA) is 58.7 Å². The molecule has 1 fully saturated rings. The van der Waals surface area contributed by atoms with Gasteiger partial charge in [-0.1, -0.05) is 0 Å². The van der Waals surface area contributed by atoms with E-state index >= 15 is 0 Å². The van der Waals surface area contributed by atoms with Gasteiger partial charge < -0.3 is 15.6 Å². The molecular formula is C11H24N2O2. The molecule has 0 aromatic rings. The van der Waals surface area contributed by atoms with Crippen LogP contribution in [0.25, 0.3) is 0 Å². The van der Waals surface area contributed by atoms with Gasteiger partial charge in [-0.2, -0.15) is 0 Å². The lowest BCUT2D eigenvalue weighted by Crippen LogP contribution is -2.49. The first-order chi connectivity index (χ1) is 7.26. The molecule has 90 valence electrons. The van der Waals surface area contributed by atoms with Crippen LogP contribution in [0, 0.1) is 0 Å². The lowest BCUT2D eigenvalue weighted by atomic mass is 10.2. The summed E-state index contributed by atoms with van der Waals surface area (Å²) in [5, 5.41) is 8.68. The predicted octanol–water partition coefficient (Wildman–Crippen LogP) is 0.197. The van der Waals surface area contributed by atoms with Gasteiger partial charge in [-0.05, 0) is 32.7 Å². The molecule has 0 saturated carbocycles. The average Bonchev–Trinajstić information content (AvgIpc) is 2.23. The second-order valence-electron chi connectivity index (χ2n) is 4.35. The smallest absolute Gasteiger partial charge is 0.0828 e. The standard InChI is InChI=1S/C11H24N2O2/c1-10-8-13(5-3-2-4-6-14)9-11(7-12)15-10/h10-11,14H,2-9,12H2,1H3. The van der Waals surface area contributed by atoms with Gasteiger partial charge >= 0.3 is 0 Å². The fraction of sp³-hybridized carbons (Fsp3) is 1.00. The van der Waals surface area contributed by atoms with Crippen molar-refractivity contribution < 1.29 is 9.84 Å². The number of morpholine rings is 1. The van der Waals surface area contributed by atoms with Gasteiger partial charge in [-0.15, -0.1) is 0 Å².